The van der Waals surface area contributed by atoms with Gasteiger partial charge in [0.25, 0.3) is 0 Å². The highest BCUT2D eigenvalue weighted by molar-refractivity contribution is 4.91. The Morgan fingerprint density at radius 3 is 1.31 bits per heavy atom. The highest BCUT2D eigenvalue weighted by atomic mass is 16.5. The fourth-order valence-electron chi connectivity index (χ4n) is 4.31. The van der Waals surface area contributed by atoms with Crippen molar-refractivity contribution in [3.05, 3.63) is 0 Å². The lowest BCUT2D eigenvalue weighted by atomic mass is 9.92. The summed E-state index contributed by atoms with van der Waals surface area (Å²) in [6.45, 7) is 1.92. The monoisotopic (exact) mass is 416 g/mol. The Balaban J connectivity index is 1.88. The molecular weight excluding hydrogens is 368 g/mol. The summed E-state index contributed by atoms with van der Waals surface area (Å²) in [6.07, 6.45) is 16.8. The van der Waals surface area contributed by atoms with Crippen LogP contribution >= 0.6 is 0 Å². The second-order valence-electron chi connectivity index (χ2n) is 8.96. The van der Waals surface area contributed by atoms with Gasteiger partial charge in [-0.1, -0.05) is 110 Å². The smallest absolute Gasteiger partial charge is 0.111 e. The Kier molecular flexibility index (Phi) is 16.2. The summed E-state index contributed by atoms with van der Waals surface area (Å²) in [5, 5.41) is 38.9. The van der Waals surface area contributed by atoms with E-state index in [-0.39, 0.29) is 6.61 Å². The summed E-state index contributed by atoms with van der Waals surface area (Å²) in [5.41, 5.74) is 0. The highest BCUT2D eigenvalue weighted by Gasteiger charge is 2.42. The van der Waals surface area contributed by atoms with E-state index in [9.17, 15) is 20.4 Å². The maximum Gasteiger partial charge on any atom is 0.111 e. The molecule has 1 fully saturated rings. The van der Waals surface area contributed by atoms with E-state index < -0.39 is 30.5 Å². The van der Waals surface area contributed by atoms with E-state index in [2.05, 4.69) is 6.92 Å². The highest BCUT2D eigenvalue weighted by Crippen LogP contribution is 2.25. The lowest BCUT2D eigenvalue weighted by Crippen LogP contribution is -2.58. The predicted octanol–water partition coefficient (Wildman–Crippen LogP) is 4.48. The molecule has 0 aromatic carbocycles. The van der Waals surface area contributed by atoms with Gasteiger partial charge in [0, 0.05) is 0 Å². The third-order valence-electron chi connectivity index (χ3n) is 6.33. The van der Waals surface area contributed by atoms with Crippen LogP contribution in [0, 0.1) is 0 Å². The zero-order valence-corrected chi connectivity index (χ0v) is 18.8. The molecule has 1 rings (SSSR count). The third-order valence-corrected chi connectivity index (χ3v) is 6.33. The number of aliphatic hydroxyl groups is 4. The number of hydrogen-bond donors (Lipinski definition) is 4. The first-order chi connectivity index (χ1) is 14.1. The zero-order valence-electron chi connectivity index (χ0n) is 18.8. The lowest BCUT2D eigenvalue weighted by Gasteiger charge is -2.40. The Bertz CT molecular complexity index is 363. The van der Waals surface area contributed by atoms with Gasteiger partial charge < -0.3 is 25.2 Å². The van der Waals surface area contributed by atoms with Crippen LogP contribution < -0.4 is 0 Å². The van der Waals surface area contributed by atoms with Gasteiger partial charge in [0.2, 0.25) is 0 Å². The zero-order chi connectivity index (χ0) is 21.3. The molecule has 174 valence electrons. The molecule has 4 N–H and O–H groups in total. The standard InChI is InChI=1S/C24H48O5/c1-2-3-4-5-6-7-8-9-10-11-12-13-14-15-16-17-18-20-22(26)24(28)23(27)21(19-25)29-20/h20-28H,2-19H2,1H3/t20?,21-,22+,23+,24-/m1/s1. The van der Waals surface area contributed by atoms with Gasteiger partial charge in [-0.2, -0.15) is 0 Å². The van der Waals surface area contributed by atoms with Crippen LogP contribution in [0.2, 0.25) is 0 Å². The first-order valence-corrected chi connectivity index (χ1v) is 12.4. The molecule has 0 saturated carbocycles. The molecule has 1 aliphatic heterocycles. The normalized spacial score (nSPS) is 27.4. The molecule has 0 amide bonds. The maximum absolute atomic E-state index is 10.0. The molecule has 1 unspecified atom stereocenters. The number of rotatable bonds is 18. The van der Waals surface area contributed by atoms with Gasteiger partial charge in [-0.3, -0.25) is 0 Å². The number of hydrogen-bond acceptors (Lipinski definition) is 5. The predicted molar refractivity (Wildman–Crippen MR) is 118 cm³/mol. The van der Waals surface area contributed by atoms with Crippen LogP contribution in [0.15, 0.2) is 0 Å². The molecule has 0 aliphatic carbocycles. The first-order valence-electron chi connectivity index (χ1n) is 12.4. The van der Waals surface area contributed by atoms with Crippen molar-refractivity contribution in [2.45, 2.75) is 147 Å². The van der Waals surface area contributed by atoms with E-state index in [1.807, 2.05) is 0 Å². The van der Waals surface area contributed by atoms with Crippen LogP contribution in [-0.2, 0) is 4.74 Å². The van der Waals surface area contributed by atoms with Crippen molar-refractivity contribution >= 4 is 0 Å². The van der Waals surface area contributed by atoms with Crippen LogP contribution in [0.4, 0.5) is 0 Å². The molecule has 0 aromatic rings. The summed E-state index contributed by atoms with van der Waals surface area (Å²) in [4.78, 5) is 0. The minimum absolute atomic E-state index is 0.347. The van der Waals surface area contributed by atoms with E-state index in [0.717, 1.165) is 12.8 Å². The fraction of sp³-hybridized carbons (Fsp3) is 1.00. The molecule has 1 heterocycles. The average molecular weight is 417 g/mol. The summed E-state index contributed by atoms with van der Waals surface area (Å²) >= 11 is 0. The van der Waals surface area contributed by atoms with E-state index in [1.165, 1.54) is 89.9 Å². The summed E-state index contributed by atoms with van der Waals surface area (Å²) in [6, 6.07) is 0. The van der Waals surface area contributed by atoms with Crippen molar-refractivity contribution < 1.29 is 25.2 Å². The van der Waals surface area contributed by atoms with E-state index in [4.69, 9.17) is 4.74 Å². The molecule has 5 atom stereocenters. The van der Waals surface area contributed by atoms with Gasteiger partial charge in [-0.05, 0) is 6.42 Å². The molecule has 29 heavy (non-hydrogen) atoms. The molecular formula is C24H48O5. The molecule has 1 aliphatic rings. The minimum Gasteiger partial charge on any atom is -0.394 e. The van der Waals surface area contributed by atoms with Crippen LogP contribution in [-0.4, -0.2) is 57.6 Å². The second kappa shape index (κ2) is 17.5. The quantitative estimate of drug-likeness (QED) is 0.247. The lowest BCUT2D eigenvalue weighted by molar-refractivity contribution is -0.230. The Labute approximate surface area is 178 Å². The van der Waals surface area contributed by atoms with Gasteiger partial charge >= 0.3 is 0 Å². The molecule has 0 spiro atoms. The van der Waals surface area contributed by atoms with Crippen LogP contribution in [0.1, 0.15) is 116 Å². The van der Waals surface area contributed by atoms with Crippen molar-refractivity contribution in [2.24, 2.45) is 0 Å². The Morgan fingerprint density at radius 2 is 0.897 bits per heavy atom. The van der Waals surface area contributed by atoms with E-state index >= 15 is 0 Å². The van der Waals surface area contributed by atoms with Crippen molar-refractivity contribution in [1.29, 1.82) is 0 Å². The average Bonchev–Trinajstić information content (AvgIpc) is 2.73. The van der Waals surface area contributed by atoms with Crippen LogP contribution in [0.25, 0.3) is 0 Å². The number of aliphatic hydroxyl groups excluding tert-OH is 4. The fourth-order valence-corrected chi connectivity index (χ4v) is 4.31. The topological polar surface area (TPSA) is 90.2 Å². The van der Waals surface area contributed by atoms with Crippen molar-refractivity contribution in [1.82, 2.24) is 0 Å². The number of unbranched alkanes of at least 4 members (excludes halogenated alkanes) is 15. The molecule has 1 saturated heterocycles. The largest absolute Gasteiger partial charge is 0.394 e. The van der Waals surface area contributed by atoms with Gasteiger partial charge in [-0.25, -0.2) is 0 Å². The molecule has 0 radical (unpaired) electrons. The summed E-state index contributed by atoms with van der Waals surface area (Å²) in [7, 11) is 0. The second-order valence-corrected chi connectivity index (χ2v) is 8.96. The SMILES string of the molecule is CCCCCCCCCCCCCCCCCCC1O[C@H](CO)[C@H](O)[C@H](O)[C@H]1O. The minimum atomic E-state index is -1.24. The van der Waals surface area contributed by atoms with Crippen LogP contribution in [0.5, 0.6) is 0 Å². The van der Waals surface area contributed by atoms with Gasteiger partial charge in [0.15, 0.2) is 0 Å². The Morgan fingerprint density at radius 1 is 0.517 bits per heavy atom. The Hall–Kier alpha value is -0.200. The van der Waals surface area contributed by atoms with Gasteiger partial charge in [0.1, 0.15) is 24.4 Å². The number of ether oxygens (including phenoxy) is 1. The van der Waals surface area contributed by atoms with Crippen LogP contribution in [0.3, 0.4) is 0 Å². The first kappa shape index (κ1) is 26.8. The molecule has 5 heteroatoms. The molecule has 0 aromatic heterocycles. The van der Waals surface area contributed by atoms with Crippen molar-refractivity contribution in [3.8, 4) is 0 Å². The van der Waals surface area contributed by atoms with E-state index in [0.29, 0.717) is 6.42 Å². The van der Waals surface area contributed by atoms with Gasteiger partial charge in [0.05, 0.1) is 12.7 Å². The molecule has 0 bridgehead atoms. The van der Waals surface area contributed by atoms with Gasteiger partial charge in [-0.15, -0.1) is 0 Å². The summed E-state index contributed by atoms with van der Waals surface area (Å²) < 4.78 is 5.54. The maximum atomic E-state index is 10.0. The molecule has 5 nitrogen and oxygen atoms in total. The van der Waals surface area contributed by atoms with E-state index in [1.54, 1.807) is 0 Å². The van der Waals surface area contributed by atoms with Crippen molar-refractivity contribution in [2.75, 3.05) is 6.61 Å². The summed E-state index contributed by atoms with van der Waals surface area (Å²) in [5.74, 6) is 0. The third kappa shape index (κ3) is 11.7. The van der Waals surface area contributed by atoms with Crippen molar-refractivity contribution in [3.63, 3.8) is 0 Å².